The molecule has 0 aromatic heterocycles. The smallest absolute Gasteiger partial charge is 0.305 e. The van der Waals surface area contributed by atoms with Gasteiger partial charge in [-0.2, -0.15) is 0 Å². The number of ketones is 2. The van der Waals surface area contributed by atoms with Crippen LogP contribution in [0.15, 0.2) is 24.3 Å². The molecule has 0 spiro atoms. The zero-order valence-corrected chi connectivity index (χ0v) is 15.1. The van der Waals surface area contributed by atoms with Crippen molar-refractivity contribution >= 4 is 17.5 Å². The second-order valence-electron chi connectivity index (χ2n) is 6.69. The van der Waals surface area contributed by atoms with E-state index < -0.39 is 0 Å². The van der Waals surface area contributed by atoms with Crippen molar-refractivity contribution in [3.63, 3.8) is 0 Å². The third kappa shape index (κ3) is 7.24. The molecule has 1 aliphatic rings. The fourth-order valence-corrected chi connectivity index (χ4v) is 2.97. The fraction of sp³-hybridized carbons (Fsp3) is 0.650. The molecule has 1 unspecified atom stereocenters. The predicted molar refractivity (Wildman–Crippen MR) is 94.4 cm³/mol. The van der Waals surface area contributed by atoms with Crippen LogP contribution in [0.1, 0.15) is 58.8 Å². The van der Waals surface area contributed by atoms with Gasteiger partial charge in [-0.25, -0.2) is 0 Å². The standard InChI is InChI=1S/C20H30O4/c1-4-5-6-7-17(21)11-9-16-10-13-19(22)18(16)12-8-15(2)14-20(23)24-3/h9-11,13,15-16,18H,4-8,12,14H2,1-3H3/b11-9+/t15?,16-,18-/m0/s1. The molecule has 0 heterocycles. The van der Waals surface area contributed by atoms with Crippen molar-refractivity contribution < 1.29 is 19.1 Å². The summed E-state index contributed by atoms with van der Waals surface area (Å²) >= 11 is 0. The molecule has 0 amide bonds. The Morgan fingerprint density at radius 3 is 2.75 bits per heavy atom. The van der Waals surface area contributed by atoms with E-state index in [1.54, 1.807) is 12.2 Å². The summed E-state index contributed by atoms with van der Waals surface area (Å²) in [6, 6.07) is 0. The molecule has 3 atom stereocenters. The molecule has 0 radical (unpaired) electrons. The molecule has 0 saturated carbocycles. The van der Waals surface area contributed by atoms with Crippen LogP contribution in [0.25, 0.3) is 0 Å². The van der Waals surface area contributed by atoms with Crippen molar-refractivity contribution in [2.24, 2.45) is 17.8 Å². The summed E-state index contributed by atoms with van der Waals surface area (Å²) in [5.41, 5.74) is 0. The molecule has 0 aliphatic heterocycles. The van der Waals surface area contributed by atoms with Crippen LogP contribution in [0.4, 0.5) is 0 Å². The first-order valence-corrected chi connectivity index (χ1v) is 8.97. The lowest BCUT2D eigenvalue weighted by atomic mass is 9.86. The number of hydrogen-bond acceptors (Lipinski definition) is 4. The summed E-state index contributed by atoms with van der Waals surface area (Å²) in [7, 11) is 1.39. The zero-order valence-electron chi connectivity index (χ0n) is 15.1. The second kappa shape index (κ2) is 11.0. The number of allylic oxidation sites excluding steroid dienone is 4. The van der Waals surface area contributed by atoms with Gasteiger partial charge in [0, 0.05) is 24.7 Å². The molecule has 0 N–H and O–H groups in total. The maximum absolute atomic E-state index is 12.0. The lowest BCUT2D eigenvalue weighted by Gasteiger charge is -2.17. The van der Waals surface area contributed by atoms with Gasteiger partial charge >= 0.3 is 5.97 Å². The highest BCUT2D eigenvalue weighted by atomic mass is 16.5. The maximum atomic E-state index is 12.0. The van der Waals surface area contributed by atoms with Gasteiger partial charge in [0.15, 0.2) is 11.6 Å². The summed E-state index contributed by atoms with van der Waals surface area (Å²) in [5, 5.41) is 0. The third-order valence-corrected chi connectivity index (χ3v) is 4.56. The quantitative estimate of drug-likeness (QED) is 0.325. The molecule has 1 rings (SSSR count). The number of carbonyl (C=O) groups excluding carboxylic acids is 3. The molecule has 4 heteroatoms. The Balaban J connectivity index is 2.46. The van der Waals surface area contributed by atoms with Crippen molar-refractivity contribution in [3.05, 3.63) is 24.3 Å². The van der Waals surface area contributed by atoms with Crippen molar-refractivity contribution in [2.45, 2.75) is 58.8 Å². The first kappa shape index (κ1) is 20.3. The van der Waals surface area contributed by atoms with Crippen LogP contribution in [0.3, 0.4) is 0 Å². The topological polar surface area (TPSA) is 60.4 Å². The van der Waals surface area contributed by atoms with E-state index in [1.165, 1.54) is 7.11 Å². The predicted octanol–water partition coefficient (Wildman–Crippen LogP) is 4.04. The molecule has 4 nitrogen and oxygen atoms in total. The van der Waals surface area contributed by atoms with E-state index in [0.717, 1.165) is 32.1 Å². The Kier molecular flexibility index (Phi) is 9.28. The molecule has 0 saturated heterocycles. The van der Waals surface area contributed by atoms with Crippen LogP contribution in [0, 0.1) is 17.8 Å². The van der Waals surface area contributed by atoms with Gasteiger partial charge in [-0.05, 0) is 37.3 Å². The molecule has 0 fully saturated rings. The van der Waals surface area contributed by atoms with Gasteiger partial charge in [-0.1, -0.05) is 38.8 Å². The Morgan fingerprint density at radius 2 is 2.08 bits per heavy atom. The van der Waals surface area contributed by atoms with E-state index in [4.69, 9.17) is 0 Å². The van der Waals surface area contributed by atoms with E-state index in [0.29, 0.717) is 12.8 Å². The summed E-state index contributed by atoms with van der Waals surface area (Å²) in [4.78, 5) is 35.2. The number of carbonyl (C=O) groups is 3. The SMILES string of the molecule is CCCCCC(=O)/C=C/[C@H]1C=CC(=O)[C@H]1CCC(C)CC(=O)OC. The normalized spacial score (nSPS) is 21.4. The molecule has 0 aromatic carbocycles. The average molecular weight is 334 g/mol. The van der Waals surface area contributed by atoms with Crippen molar-refractivity contribution in [3.8, 4) is 0 Å². The van der Waals surface area contributed by atoms with E-state index >= 15 is 0 Å². The van der Waals surface area contributed by atoms with E-state index in [9.17, 15) is 14.4 Å². The van der Waals surface area contributed by atoms with Crippen LogP contribution in [-0.4, -0.2) is 24.6 Å². The first-order valence-electron chi connectivity index (χ1n) is 8.97. The molecular formula is C20H30O4. The van der Waals surface area contributed by atoms with Crippen molar-refractivity contribution in [2.75, 3.05) is 7.11 Å². The molecule has 0 bridgehead atoms. The van der Waals surface area contributed by atoms with Crippen LogP contribution >= 0.6 is 0 Å². The van der Waals surface area contributed by atoms with E-state index in [2.05, 4.69) is 11.7 Å². The maximum Gasteiger partial charge on any atom is 0.305 e. The van der Waals surface area contributed by atoms with Gasteiger partial charge in [-0.3, -0.25) is 14.4 Å². The van der Waals surface area contributed by atoms with Gasteiger partial charge < -0.3 is 4.74 Å². The first-order chi connectivity index (χ1) is 11.5. The van der Waals surface area contributed by atoms with E-state index in [1.807, 2.05) is 19.1 Å². The minimum Gasteiger partial charge on any atom is -0.469 e. The Bertz CT molecular complexity index is 490. The van der Waals surface area contributed by atoms with E-state index in [-0.39, 0.29) is 35.3 Å². The third-order valence-electron chi connectivity index (χ3n) is 4.56. The van der Waals surface area contributed by atoms with Gasteiger partial charge in [0.2, 0.25) is 0 Å². The van der Waals surface area contributed by atoms with Crippen LogP contribution in [0.5, 0.6) is 0 Å². The molecule has 24 heavy (non-hydrogen) atoms. The Hall–Kier alpha value is -1.71. The Morgan fingerprint density at radius 1 is 1.33 bits per heavy atom. The summed E-state index contributed by atoms with van der Waals surface area (Å²) < 4.78 is 4.67. The molecule has 0 aromatic rings. The number of hydrogen-bond donors (Lipinski definition) is 0. The van der Waals surface area contributed by atoms with Crippen LogP contribution < -0.4 is 0 Å². The van der Waals surface area contributed by atoms with Gasteiger partial charge in [0.05, 0.1) is 7.11 Å². The van der Waals surface area contributed by atoms with Crippen LogP contribution in [0.2, 0.25) is 0 Å². The summed E-state index contributed by atoms with van der Waals surface area (Å²) in [5.74, 6) is 0.115. The zero-order chi connectivity index (χ0) is 17.9. The van der Waals surface area contributed by atoms with Crippen molar-refractivity contribution in [1.29, 1.82) is 0 Å². The number of ether oxygens (including phenoxy) is 1. The largest absolute Gasteiger partial charge is 0.469 e. The second-order valence-corrected chi connectivity index (χ2v) is 6.69. The molecule has 1 aliphatic carbocycles. The molecule has 134 valence electrons. The molecular weight excluding hydrogens is 304 g/mol. The Labute approximate surface area is 145 Å². The highest BCUT2D eigenvalue weighted by molar-refractivity contribution is 5.95. The highest BCUT2D eigenvalue weighted by Gasteiger charge is 2.28. The van der Waals surface area contributed by atoms with Gasteiger partial charge in [0.25, 0.3) is 0 Å². The highest BCUT2D eigenvalue weighted by Crippen LogP contribution is 2.30. The fourth-order valence-electron chi connectivity index (χ4n) is 2.97. The lowest BCUT2D eigenvalue weighted by Crippen LogP contribution is -2.17. The summed E-state index contributed by atoms with van der Waals surface area (Å²) in [6.45, 7) is 4.10. The minimum atomic E-state index is -0.215. The number of esters is 1. The number of unbranched alkanes of at least 4 members (excludes halogenated alkanes) is 2. The number of methoxy groups -OCH3 is 1. The monoisotopic (exact) mass is 334 g/mol. The van der Waals surface area contributed by atoms with Gasteiger partial charge in [-0.15, -0.1) is 0 Å². The van der Waals surface area contributed by atoms with Gasteiger partial charge in [0.1, 0.15) is 0 Å². The summed E-state index contributed by atoms with van der Waals surface area (Å²) in [6.07, 6.45) is 12.6. The minimum absolute atomic E-state index is 0.00190. The lowest BCUT2D eigenvalue weighted by molar-refractivity contribution is -0.141. The van der Waals surface area contributed by atoms with Crippen LogP contribution in [-0.2, 0) is 19.1 Å². The number of rotatable bonds is 11. The van der Waals surface area contributed by atoms with Crippen molar-refractivity contribution in [1.82, 2.24) is 0 Å². The average Bonchev–Trinajstić information content (AvgIpc) is 2.91.